The van der Waals surface area contributed by atoms with E-state index in [0.29, 0.717) is 23.4 Å². The summed E-state index contributed by atoms with van der Waals surface area (Å²) in [5.74, 6) is -0.0273. The average Bonchev–Trinajstić information content (AvgIpc) is 3.30. The van der Waals surface area contributed by atoms with Crippen molar-refractivity contribution in [1.29, 1.82) is 0 Å². The highest BCUT2D eigenvalue weighted by atomic mass is 19.1. The number of amides is 2. The third-order valence-corrected chi connectivity index (χ3v) is 4.88. The fourth-order valence-electron chi connectivity index (χ4n) is 3.35. The Hall–Kier alpha value is -2.68. The summed E-state index contributed by atoms with van der Waals surface area (Å²) in [5.41, 5.74) is 1.22. The van der Waals surface area contributed by atoms with Crippen molar-refractivity contribution in [3.63, 3.8) is 0 Å². The minimum atomic E-state index is -0.884. The van der Waals surface area contributed by atoms with Gasteiger partial charge in [0.2, 0.25) is 5.91 Å². The third kappa shape index (κ3) is 3.87. The standard InChI is InChI=1S/C18H23FN4O4/c1-10(26-2)15(22-18(25)27-3)17(24)23-8-4-5-14(23)16-20-12-7-6-11(19)9-13(12)21-16/h6-7,9-10,14-15H,4-5,8H2,1-3H3,(H,20,21)(H,22,25)/t10-,14+,15+/m1/s1. The molecule has 0 spiro atoms. The van der Waals surface area contributed by atoms with Gasteiger partial charge in [-0.25, -0.2) is 14.2 Å². The van der Waals surface area contributed by atoms with Crippen molar-refractivity contribution < 1.29 is 23.5 Å². The summed E-state index contributed by atoms with van der Waals surface area (Å²) in [6.07, 6.45) is 0.281. The lowest BCUT2D eigenvalue weighted by Crippen LogP contribution is -2.54. The zero-order valence-electron chi connectivity index (χ0n) is 15.5. The molecule has 1 aromatic carbocycles. The zero-order chi connectivity index (χ0) is 19.6. The molecule has 1 aromatic heterocycles. The quantitative estimate of drug-likeness (QED) is 0.831. The molecule has 2 N–H and O–H groups in total. The first kappa shape index (κ1) is 19.1. The van der Waals surface area contributed by atoms with E-state index >= 15 is 0 Å². The van der Waals surface area contributed by atoms with Crippen molar-refractivity contribution >= 4 is 23.0 Å². The van der Waals surface area contributed by atoms with E-state index in [9.17, 15) is 14.0 Å². The molecule has 146 valence electrons. The number of nitrogens with zero attached hydrogens (tertiary/aromatic N) is 2. The minimum Gasteiger partial charge on any atom is -0.453 e. The Balaban J connectivity index is 1.86. The van der Waals surface area contributed by atoms with Gasteiger partial charge < -0.3 is 24.7 Å². The molecule has 1 aliphatic rings. The SMILES string of the molecule is COC(=O)N[C@H](C(=O)N1CCC[C@H]1c1nc2ccc(F)cc2[nH]1)[C@@H](C)OC. The van der Waals surface area contributed by atoms with E-state index in [1.165, 1.54) is 26.4 Å². The molecule has 0 bridgehead atoms. The largest absolute Gasteiger partial charge is 0.453 e. The van der Waals surface area contributed by atoms with Crippen molar-refractivity contribution in [3.8, 4) is 0 Å². The normalized spacial score (nSPS) is 19.1. The summed E-state index contributed by atoms with van der Waals surface area (Å²) in [6.45, 7) is 2.23. The average molecular weight is 378 g/mol. The van der Waals surface area contributed by atoms with Crippen molar-refractivity contribution in [1.82, 2.24) is 20.2 Å². The second-order valence-electron chi connectivity index (χ2n) is 6.53. The maximum atomic E-state index is 13.4. The number of hydrogen-bond donors (Lipinski definition) is 2. The van der Waals surface area contributed by atoms with E-state index in [4.69, 9.17) is 4.74 Å². The van der Waals surface area contributed by atoms with Crippen LogP contribution in [-0.2, 0) is 14.3 Å². The van der Waals surface area contributed by atoms with E-state index in [1.54, 1.807) is 17.9 Å². The van der Waals surface area contributed by atoms with Crippen LogP contribution < -0.4 is 5.32 Å². The van der Waals surface area contributed by atoms with Gasteiger partial charge in [-0.3, -0.25) is 4.79 Å². The number of aromatic nitrogens is 2. The van der Waals surface area contributed by atoms with E-state index in [-0.39, 0.29) is 17.8 Å². The molecule has 0 saturated carbocycles. The number of nitrogens with one attached hydrogen (secondary N) is 2. The van der Waals surface area contributed by atoms with Gasteiger partial charge in [-0.05, 0) is 38.0 Å². The Morgan fingerprint density at radius 1 is 1.41 bits per heavy atom. The molecule has 1 saturated heterocycles. The first-order chi connectivity index (χ1) is 12.9. The minimum absolute atomic E-state index is 0.274. The lowest BCUT2D eigenvalue weighted by atomic mass is 10.1. The summed E-state index contributed by atoms with van der Waals surface area (Å²) in [5, 5.41) is 2.54. The van der Waals surface area contributed by atoms with Crippen LogP contribution in [0.15, 0.2) is 18.2 Å². The van der Waals surface area contributed by atoms with Crippen LogP contribution in [-0.4, -0.2) is 59.8 Å². The van der Waals surface area contributed by atoms with E-state index in [1.807, 2.05) is 0 Å². The molecular formula is C18H23FN4O4. The highest BCUT2D eigenvalue weighted by Gasteiger charge is 2.38. The molecule has 9 heteroatoms. The van der Waals surface area contributed by atoms with Crippen LogP contribution in [0.1, 0.15) is 31.6 Å². The first-order valence-corrected chi connectivity index (χ1v) is 8.77. The number of H-pyrrole nitrogens is 1. The summed E-state index contributed by atoms with van der Waals surface area (Å²) in [6, 6.07) is 3.16. The van der Waals surface area contributed by atoms with Crippen LogP contribution >= 0.6 is 0 Å². The smallest absolute Gasteiger partial charge is 0.407 e. The van der Waals surface area contributed by atoms with Crippen LogP contribution in [0.3, 0.4) is 0 Å². The number of hydrogen-bond acceptors (Lipinski definition) is 5. The van der Waals surface area contributed by atoms with Crippen molar-refractivity contribution in [2.75, 3.05) is 20.8 Å². The molecule has 27 heavy (non-hydrogen) atoms. The lowest BCUT2D eigenvalue weighted by molar-refractivity contribution is -0.137. The molecule has 3 atom stereocenters. The van der Waals surface area contributed by atoms with Crippen molar-refractivity contribution in [2.45, 2.75) is 38.0 Å². The van der Waals surface area contributed by atoms with Crippen LogP contribution in [0.5, 0.6) is 0 Å². The van der Waals surface area contributed by atoms with Gasteiger partial charge in [-0.2, -0.15) is 0 Å². The molecule has 0 aliphatic carbocycles. The highest BCUT2D eigenvalue weighted by Crippen LogP contribution is 2.32. The van der Waals surface area contributed by atoms with Crippen LogP contribution in [0.25, 0.3) is 11.0 Å². The number of ether oxygens (including phenoxy) is 2. The number of carbonyl (C=O) groups excluding carboxylic acids is 2. The predicted octanol–water partition coefficient (Wildman–Crippen LogP) is 2.12. The zero-order valence-corrected chi connectivity index (χ0v) is 15.5. The highest BCUT2D eigenvalue weighted by molar-refractivity contribution is 5.87. The topological polar surface area (TPSA) is 96.5 Å². The molecular weight excluding hydrogens is 355 g/mol. The van der Waals surface area contributed by atoms with Gasteiger partial charge in [-0.1, -0.05) is 0 Å². The van der Waals surface area contributed by atoms with Gasteiger partial charge >= 0.3 is 6.09 Å². The number of likely N-dealkylation sites (tertiary alicyclic amines) is 1. The Morgan fingerprint density at radius 2 is 2.19 bits per heavy atom. The Morgan fingerprint density at radius 3 is 2.89 bits per heavy atom. The number of carbonyl (C=O) groups is 2. The number of imidazole rings is 1. The maximum Gasteiger partial charge on any atom is 0.407 e. The summed E-state index contributed by atoms with van der Waals surface area (Å²) < 4.78 is 23.3. The Labute approximate surface area is 156 Å². The molecule has 0 radical (unpaired) electrons. The van der Waals surface area contributed by atoms with Gasteiger partial charge in [-0.15, -0.1) is 0 Å². The summed E-state index contributed by atoms with van der Waals surface area (Å²) in [4.78, 5) is 34.1. The number of fused-ring (bicyclic) bond motifs is 1. The number of alkyl carbamates (subject to hydrolysis) is 1. The Bertz CT molecular complexity index is 840. The molecule has 2 aromatic rings. The van der Waals surface area contributed by atoms with Crippen molar-refractivity contribution in [2.24, 2.45) is 0 Å². The number of aromatic amines is 1. The second-order valence-corrected chi connectivity index (χ2v) is 6.53. The van der Waals surface area contributed by atoms with Crippen LogP contribution in [0, 0.1) is 5.82 Å². The fraction of sp³-hybridized carbons (Fsp3) is 0.500. The monoisotopic (exact) mass is 378 g/mol. The molecule has 2 heterocycles. The third-order valence-electron chi connectivity index (χ3n) is 4.88. The molecule has 8 nitrogen and oxygen atoms in total. The molecule has 2 amide bonds. The van der Waals surface area contributed by atoms with Crippen LogP contribution in [0.4, 0.5) is 9.18 Å². The van der Waals surface area contributed by atoms with E-state index in [2.05, 4.69) is 20.0 Å². The number of benzene rings is 1. The molecule has 1 fully saturated rings. The van der Waals surface area contributed by atoms with E-state index in [0.717, 1.165) is 12.8 Å². The van der Waals surface area contributed by atoms with Gasteiger partial charge in [0.15, 0.2) is 0 Å². The Kier molecular flexibility index (Phi) is 5.59. The van der Waals surface area contributed by atoms with Crippen LogP contribution in [0.2, 0.25) is 0 Å². The number of methoxy groups -OCH3 is 2. The van der Waals surface area contributed by atoms with Crippen molar-refractivity contribution in [3.05, 3.63) is 29.8 Å². The predicted molar refractivity (Wildman–Crippen MR) is 95.5 cm³/mol. The second kappa shape index (κ2) is 7.91. The van der Waals surface area contributed by atoms with Gasteiger partial charge in [0.1, 0.15) is 17.7 Å². The fourth-order valence-corrected chi connectivity index (χ4v) is 3.35. The lowest BCUT2D eigenvalue weighted by Gasteiger charge is -2.30. The molecule has 0 unspecified atom stereocenters. The van der Waals surface area contributed by atoms with E-state index < -0.39 is 18.2 Å². The molecule has 3 rings (SSSR count). The first-order valence-electron chi connectivity index (χ1n) is 8.77. The van der Waals surface area contributed by atoms with Gasteiger partial charge in [0.25, 0.3) is 0 Å². The molecule has 1 aliphatic heterocycles. The number of rotatable bonds is 5. The number of halogens is 1. The summed E-state index contributed by atoms with van der Waals surface area (Å²) >= 11 is 0. The maximum absolute atomic E-state index is 13.4. The summed E-state index contributed by atoms with van der Waals surface area (Å²) in [7, 11) is 2.71. The van der Waals surface area contributed by atoms with Gasteiger partial charge in [0.05, 0.1) is 30.3 Å². The van der Waals surface area contributed by atoms with Gasteiger partial charge in [0, 0.05) is 13.7 Å².